The smallest absolute Gasteiger partial charge is 0.132 e. The summed E-state index contributed by atoms with van der Waals surface area (Å²) in [7, 11) is 1.65. The summed E-state index contributed by atoms with van der Waals surface area (Å²) in [6, 6.07) is 7.81. The molecule has 0 saturated carbocycles. The molecule has 0 atom stereocenters. The van der Waals surface area contributed by atoms with Gasteiger partial charge in [-0.15, -0.1) is 11.8 Å². The van der Waals surface area contributed by atoms with Crippen LogP contribution in [0.5, 0.6) is 5.75 Å². The van der Waals surface area contributed by atoms with Crippen molar-refractivity contribution in [2.75, 3.05) is 12.9 Å². The molecular formula is C10H12O2S. The van der Waals surface area contributed by atoms with E-state index in [1.165, 1.54) is 0 Å². The van der Waals surface area contributed by atoms with E-state index in [0.717, 1.165) is 22.7 Å². The molecule has 1 rings (SSSR count). The zero-order valence-electron chi connectivity index (χ0n) is 7.53. The standard InChI is InChI=1S/C10H12O2S/c1-12-9-5-2-3-6-10(9)13-8-4-7-11/h2-3,5-7H,4,8H2,1H3. The number of para-hydroxylation sites is 1. The first-order valence-corrected chi connectivity index (χ1v) is 5.06. The van der Waals surface area contributed by atoms with E-state index in [9.17, 15) is 4.79 Å². The number of thioether (sulfide) groups is 1. The average Bonchev–Trinajstić information content (AvgIpc) is 2.19. The van der Waals surface area contributed by atoms with Gasteiger partial charge >= 0.3 is 0 Å². The van der Waals surface area contributed by atoms with Gasteiger partial charge in [0.15, 0.2) is 0 Å². The molecule has 0 bridgehead atoms. The first-order valence-electron chi connectivity index (χ1n) is 4.08. The third-order valence-electron chi connectivity index (χ3n) is 1.56. The lowest BCUT2D eigenvalue weighted by atomic mass is 10.3. The third kappa shape index (κ3) is 3.11. The van der Waals surface area contributed by atoms with Crippen molar-refractivity contribution in [1.29, 1.82) is 0 Å². The van der Waals surface area contributed by atoms with E-state index in [-0.39, 0.29) is 0 Å². The molecule has 0 N–H and O–H groups in total. The van der Waals surface area contributed by atoms with E-state index in [0.29, 0.717) is 6.42 Å². The van der Waals surface area contributed by atoms with Gasteiger partial charge in [-0.2, -0.15) is 0 Å². The van der Waals surface area contributed by atoms with Gasteiger partial charge in [-0.05, 0) is 12.1 Å². The van der Waals surface area contributed by atoms with Gasteiger partial charge in [-0.3, -0.25) is 0 Å². The Morgan fingerprint density at radius 3 is 2.92 bits per heavy atom. The molecule has 70 valence electrons. The van der Waals surface area contributed by atoms with Crippen molar-refractivity contribution in [3.05, 3.63) is 24.3 Å². The van der Waals surface area contributed by atoms with Crippen LogP contribution in [0.15, 0.2) is 29.2 Å². The topological polar surface area (TPSA) is 26.3 Å². The maximum Gasteiger partial charge on any atom is 0.132 e. The van der Waals surface area contributed by atoms with E-state index in [4.69, 9.17) is 4.74 Å². The molecule has 2 nitrogen and oxygen atoms in total. The number of benzene rings is 1. The van der Waals surface area contributed by atoms with E-state index < -0.39 is 0 Å². The van der Waals surface area contributed by atoms with Gasteiger partial charge in [0.2, 0.25) is 0 Å². The van der Waals surface area contributed by atoms with Gasteiger partial charge in [-0.25, -0.2) is 0 Å². The highest BCUT2D eigenvalue weighted by molar-refractivity contribution is 7.99. The lowest BCUT2D eigenvalue weighted by molar-refractivity contribution is -0.107. The molecule has 13 heavy (non-hydrogen) atoms. The molecule has 0 aliphatic carbocycles. The van der Waals surface area contributed by atoms with Gasteiger partial charge in [0.25, 0.3) is 0 Å². The average molecular weight is 196 g/mol. The summed E-state index contributed by atoms with van der Waals surface area (Å²) in [5, 5.41) is 0. The van der Waals surface area contributed by atoms with E-state index in [1.54, 1.807) is 18.9 Å². The fourth-order valence-electron chi connectivity index (χ4n) is 0.955. The highest BCUT2D eigenvalue weighted by atomic mass is 32.2. The molecule has 1 aromatic rings. The van der Waals surface area contributed by atoms with E-state index in [2.05, 4.69) is 0 Å². The minimum absolute atomic E-state index is 0.586. The summed E-state index contributed by atoms with van der Waals surface area (Å²) < 4.78 is 5.17. The number of hydrogen-bond acceptors (Lipinski definition) is 3. The molecular weight excluding hydrogens is 184 g/mol. The van der Waals surface area contributed by atoms with Gasteiger partial charge in [0.05, 0.1) is 7.11 Å². The zero-order valence-corrected chi connectivity index (χ0v) is 8.34. The Morgan fingerprint density at radius 2 is 2.23 bits per heavy atom. The summed E-state index contributed by atoms with van der Waals surface area (Å²) >= 11 is 1.64. The molecule has 0 saturated heterocycles. The molecule has 0 unspecified atom stereocenters. The largest absolute Gasteiger partial charge is 0.496 e. The van der Waals surface area contributed by atoms with Gasteiger partial charge in [-0.1, -0.05) is 12.1 Å². The number of aldehydes is 1. The van der Waals surface area contributed by atoms with Crippen LogP contribution in [0.2, 0.25) is 0 Å². The van der Waals surface area contributed by atoms with Gasteiger partial charge in [0.1, 0.15) is 12.0 Å². The van der Waals surface area contributed by atoms with Crippen LogP contribution < -0.4 is 4.74 Å². The number of carbonyl (C=O) groups is 1. The Balaban J connectivity index is 2.58. The van der Waals surface area contributed by atoms with Crippen LogP contribution in [-0.2, 0) is 4.79 Å². The van der Waals surface area contributed by atoms with Crippen LogP contribution in [0.1, 0.15) is 6.42 Å². The fraction of sp³-hybridized carbons (Fsp3) is 0.300. The van der Waals surface area contributed by atoms with Crippen LogP contribution in [0, 0.1) is 0 Å². The monoisotopic (exact) mass is 196 g/mol. The van der Waals surface area contributed by atoms with Crippen LogP contribution in [0.4, 0.5) is 0 Å². The van der Waals surface area contributed by atoms with Crippen molar-refractivity contribution in [3.63, 3.8) is 0 Å². The quantitative estimate of drug-likeness (QED) is 0.411. The SMILES string of the molecule is COc1ccccc1SCCC=O. The molecule has 0 fully saturated rings. The van der Waals surface area contributed by atoms with E-state index >= 15 is 0 Å². The van der Waals surface area contributed by atoms with Gasteiger partial charge in [0, 0.05) is 17.1 Å². The molecule has 3 heteroatoms. The molecule has 0 amide bonds. The lowest BCUT2D eigenvalue weighted by Gasteiger charge is -2.05. The second-order valence-corrected chi connectivity index (χ2v) is 3.59. The van der Waals surface area contributed by atoms with Crippen molar-refractivity contribution in [2.24, 2.45) is 0 Å². The molecule has 0 aliphatic heterocycles. The van der Waals surface area contributed by atoms with Crippen LogP contribution in [0.25, 0.3) is 0 Å². The molecule has 0 aromatic heterocycles. The maximum absolute atomic E-state index is 10.1. The van der Waals surface area contributed by atoms with Crippen molar-refractivity contribution in [3.8, 4) is 5.75 Å². The number of carbonyl (C=O) groups excluding carboxylic acids is 1. The number of rotatable bonds is 5. The van der Waals surface area contributed by atoms with Crippen molar-refractivity contribution < 1.29 is 9.53 Å². The Bertz CT molecular complexity index is 273. The maximum atomic E-state index is 10.1. The highest BCUT2D eigenvalue weighted by Crippen LogP contribution is 2.28. The van der Waals surface area contributed by atoms with Crippen molar-refractivity contribution in [1.82, 2.24) is 0 Å². The van der Waals surface area contributed by atoms with Crippen LogP contribution in [-0.4, -0.2) is 19.1 Å². The summed E-state index contributed by atoms with van der Waals surface area (Å²) in [6.45, 7) is 0. The molecule has 0 aliphatic rings. The third-order valence-corrected chi connectivity index (χ3v) is 2.65. The molecule has 0 radical (unpaired) electrons. The first kappa shape index (κ1) is 10.1. The van der Waals surface area contributed by atoms with Crippen molar-refractivity contribution >= 4 is 18.0 Å². The Morgan fingerprint density at radius 1 is 1.46 bits per heavy atom. The normalized spacial score (nSPS) is 9.62. The number of methoxy groups -OCH3 is 1. The van der Waals surface area contributed by atoms with Crippen LogP contribution >= 0.6 is 11.8 Å². The summed E-state index contributed by atoms with van der Waals surface area (Å²) in [4.78, 5) is 11.2. The minimum Gasteiger partial charge on any atom is -0.496 e. The second kappa shape index (κ2) is 5.65. The zero-order chi connectivity index (χ0) is 9.52. The van der Waals surface area contributed by atoms with Crippen LogP contribution in [0.3, 0.4) is 0 Å². The second-order valence-electron chi connectivity index (χ2n) is 2.45. The molecule has 0 spiro atoms. The predicted octanol–water partition coefficient (Wildman–Crippen LogP) is 2.38. The highest BCUT2D eigenvalue weighted by Gasteiger charge is 2.00. The summed E-state index contributed by atoms with van der Waals surface area (Å²) in [5.74, 6) is 1.68. The lowest BCUT2D eigenvalue weighted by Crippen LogP contribution is -1.87. The van der Waals surface area contributed by atoms with Crippen molar-refractivity contribution in [2.45, 2.75) is 11.3 Å². The summed E-state index contributed by atoms with van der Waals surface area (Å²) in [6.07, 6.45) is 1.52. The predicted molar refractivity (Wildman–Crippen MR) is 54.4 cm³/mol. The number of ether oxygens (including phenoxy) is 1. The first-order chi connectivity index (χ1) is 6.38. The molecule has 0 heterocycles. The minimum atomic E-state index is 0.586. The Hall–Kier alpha value is -0.960. The van der Waals surface area contributed by atoms with E-state index in [1.807, 2.05) is 24.3 Å². The number of hydrogen-bond donors (Lipinski definition) is 0. The Labute approximate surface area is 82.3 Å². The Kier molecular flexibility index (Phi) is 4.40. The fourth-order valence-corrected chi connectivity index (χ4v) is 1.86. The van der Waals surface area contributed by atoms with Gasteiger partial charge < -0.3 is 9.53 Å². The summed E-state index contributed by atoms with van der Waals surface area (Å²) in [5.41, 5.74) is 0. The molecule has 1 aromatic carbocycles.